The third kappa shape index (κ3) is 3.94. The molecule has 2 heterocycles. The van der Waals surface area contributed by atoms with Crippen LogP contribution in [0.3, 0.4) is 0 Å². The Hall–Kier alpha value is -1.24. The molecular weight excluding hydrogens is 300 g/mol. The number of amides is 1. The minimum absolute atomic E-state index is 0.0562. The molecule has 0 aliphatic carbocycles. The highest BCUT2D eigenvalue weighted by Crippen LogP contribution is 2.24. The number of nitrogens with one attached hydrogen (secondary N) is 2. The number of aryl methyl sites for hydroxylation is 1. The van der Waals surface area contributed by atoms with Gasteiger partial charge in [0, 0.05) is 30.2 Å². The van der Waals surface area contributed by atoms with E-state index in [-0.39, 0.29) is 18.1 Å². The van der Waals surface area contributed by atoms with E-state index in [4.69, 9.17) is 9.47 Å². The van der Waals surface area contributed by atoms with Crippen molar-refractivity contribution in [3.05, 3.63) is 29.3 Å². The maximum atomic E-state index is 12.1. The molecule has 2 aliphatic heterocycles. The predicted molar refractivity (Wildman–Crippen MR) is 87.1 cm³/mol. The summed E-state index contributed by atoms with van der Waals surface area (Å²) in [5.74, 6) is 2.59. The molecule has 0 saturated carbocycles. The minimum Gasteiger partial charge on any atom is -0.488 e. The summed E-state index contributed by atoms with van der Waals surface area (Å²) >= 11 is 1.75. The second-order valence-electron chi connectivity index (χ2n) is 5.70. The fourth-order valence-corrected chi connectivity index (χ4v) is 3.51. The topological polar surface area (TPSA) is 59.6 Å². The monoisotopic (exact) mass is 322 g/mol. The molecule has 1 aromatic rings. The van der Waals surface area contributed by atoms with E-state index in [1.807, 2.05) is 25.1 Å². The van der Waals surface area contributed by atoms with Crippen LogP contribution in [0.4, 0.5) is 0 Å². The van der Waals surface area contributed by atoms with Crippen molar-refractivity contribution in [2.45, 2.75) is 32.0 Å². The molecule has 0 spiro atoms. The zero-order chi connectivity index (χ0) is 15.4. The first kappa shape index (κ1) is 15.6. The van der Waals surface area contributed by atoms with Gasteiger partial charge in [0.25, 0.3) is 0 Å². The van der Waals surface area contributed by atoms with Gasteiger partial charge in [-0.3, -0.25) is 10.1 Å². The van der Waals surface area contributed by atoms with Crippen LogP contribution in [-0.2, 0) is 16.1 Å². The SMILES string of the molecule is Cc1ccc(CNC(=O)C2CSCN2)c(OC2CCOC2)c1. The van der Waals surface area contributed by atoms with E-state index in [0.29, 0.717) is 13.2 Å². The normalized spacial score (nSPS) is 24.4. The van der Waals surface area contributed by atoms with Crippen molar-refractivity contribution in [1.29, 1.82) is 0 Å². The lowest BCUT2D eigenvalue weighted by Crippen LogP contribution is -2.41. The standard InChI is InChI=1S/C16H22N2O3S/c1-11-2-3-12(7-17-16(19)14-9-22-10-18-14)15(6-11)21-13-4-5-20-8-13/h2-3,6,13-14,18H,4-5,7-10H2,1H3,(H,17,19). The summed E-state index contributed by atoms with van der Waals surface area (Å²) in [5.41, 5.74) is 2.16. The molecule has 22 heavy (non-hydrogen) atoms. The molecule has 2 atom stereocenters. The molecule has 2 fully saturated rings. The van der Waals surface area contributed by atoms with Crippen LogP contribution in [0.1, 0.15) is 17.5 Å². The van der Waals surface area contributed by atoms with E-state index in [1.165, 1.54) is 0 Å². The molecular formula is C16H22N2O3S. The van der Waals surface area contributed by atoms with Gasteiger partial charge in [0.2, 0.25) is 5.91 Å². The van der Waals surface area contributed by atoms with Gasteiger partial charge in [-0.25, -0.2) is 0 Å². The summed E-state index contributed by atoms with van der Waals surface area (Å²) in [5, 5.41) is 6.18. The summed E-state index contributed by atoms with van der Waals surface area (Å²) in [6.07, 6.45) is 1.03. The molecule has 6 heteroatoms. The molecule has 120 valence electrons. The van der Waals surface area contributed by atoms with Gasteiger partial charge in [-0.05, 0) is 18.6 Å². The fraction of sp³-hybridized carbons (Fsp3) is 0.562. The van der Waals surface area contributed by atoms with Gasteiger partial charge in [0.05, 0.1) is 19.3 Å². The lowest BCUT2D eigenvalue weighted by Gasteiger charge is -2.17. The largest absolute Gasteiger partial charge is 0.488 e. The third-order valence-electron chi connectivity index (χ3n) is 3.89. The maximum absolute atomic E-state index is 12.1. The van der Waals surface area contributed by atoms with Crippen LogP contribution in [0, 0.1) is 6.92 Å². The van der Waals surface area contributed by atoms with Gasteiger partial charge in [0.15, 0.2) is 0 Å². The van der Waals surface area contributed by atoms with Gasteiger partial charge in [-0.15, -0.1) is 11.8 Å². The molecule has 2 aliphatic rings. The molecule has 0 bridgehead atoms. The molecule has 0 aromatic heterocycles. The van der Waals surface area contributed by atoms with Crippen LogP contribution >= 0.6 is 11.8 Å². The average Bonchev–Trinajstić information content (AvgIpc) is 3.19. The number of hydrogen-bond acceptors (Lipinski definition) is 5. The maximum Gasteiger partial charge on any atom is 0.238 e. The number of ether oxygens (including phenoxy) is 2. The highest BCUT2D eigenvalue weighted by Gasteiger charge is 2.23. The molecule has 1 aromatic carbocycles. The van der Waals surface area contributed by atoms with Crippen molar-refractivity contribution in [2.24, 2.45) is 0 Å². The fourth-order valence-electron chi connectivity index (χ4n) is 2.57. The first-order valence-electron chi connectivity index (χ1n) is 7.65. The van der Waals surface area contributed by atoms with E-state index < -0.39 is 0 Å². The van der Waals surface area contributed by atoms with Crippen LogP contribution in [-0.4, -0.2) is 42.9 Å². The number of benzene rings is 1. The number of carbonyl (C=O) groups excluding carboxylic acids is 1. The van der Waals surface area contributed by atoms with Crippen LogP contribution in [0.25, 0.3) is 0 Å². The second-order valence-corrected chi connectivity index (χ2v) is 6.73. The van der Waals surface area contributed by atoms with Gasteiger partial charge in [-0.1, -0.05) is 12.1 Å². The second kappa shape index (κ2) is 7.35. The Kier molecular flexibility index (Phi) is 5.23. The molecule has 2 saturated heterocycles. The summed E-state index contributed by atoms with van der Waals surface area (Å²) < 4.78 is 11.4. The molecule has 1 amide bonds. The quantitative estimate of drug-likeness (QED) is 0.859. The van der Waals surface area contributed by atoms with E-state index >= 15 is 0 Å². The van der Waals surface area contributed by atoms with Crippen LogP contribution in [0.15, 0.2) is 18.2 Å². The molecule has 0 radical (unpaired) electrons. The van der Waals surface area contributed by atoms with Crippen molar-refractivity contribution in [3.63, 3.8) is 0 Å². The Labute approximate surface area is 135 Å². The summed E-state index contributed by atoms with van der Waals surface area (Å²) in [6, 6.07) is 6.02. The minimum atomic E-state index is -0.0805. The third-order valence-corrected chi connectivity index (χ3v) is 4.83. The lowest BCUT2D eigenvalue weighted by molar-refractivity contribution is -0.122. The molecule has 3 rings (SSSR count). The van der Waals surface area contributed by atoms with Crippen molar-refractivity contribution >= 4 is 17.7 Å². The predicted octanol–water partition coefficient (Wildman–Crippen LogP) is 1.44. The molecule has 2 N–H and O–H groups in total. The van der Waals surface area contributed by atoms with Crippen molar-refractivity contribution in [3.8, 4) is 5.75 Å². The van der Waals surface area contributed by atoms with Crippen LogP contribution < -0.4 is 15.4 Å². The smallest absolute Gasteiger partial charge is 0.238 e. The Morgan fingerprint density at radius 3 is 3.18 bits per heavy atom. The first-order chi connectivity index (χ1) is 10.7. The van der Waals surface area contributed by atoms with Gasteiger partial charge >= 0.3 is 0 Å². The van der Waals surface area contributed by atoms with Crippen LogP contribution in [0.2, 0.25) is 0 Å². The Morgan fingerprint density at radius 1 is 1.55 bits per heavy atom. The molecule has 2 unspecified atom stereocenters. The summed E-state index contributed by atoms with van der Waals surface area (Å²) in [4.78, 5) is 12.1. The Bertz CT molecular complexity index is 526. The Balaban J connectivity index is 1.62. The van der Waals surface area contributed by atoms with Gasteiger partial charge < -0.3 is 14.8 Å². The van der Waals surface area contributed by atoms with Gasteiger partial charge in [0.1, 0.15) is 11.9 Å². The zero-order valence-electron chi connectivity index (χ0n) is 12.8. The van der Waals surface area contributed by atoms with E-state index in [0.717, 1.165) is 41.5 Å². The number of carbonyl (C=O) groups is 1. The number of hydrogen-bond donors (Lipinski definition) is 2. The summed E-state index contributed by atoms with van der Waals surface area (Å²) in [6.45, 7) is 3.93. The van der Waals surface area contributed by atoms with E-state index in [1.54, 1.807) is 11.8 Å². The highest BCUT2D eigenvalue weighted by molar-refractivity contribution is 7.99. The zero-order valence-corrected chi connectivity index (χ0v) is 13.6. The average molecular weight is 322 g/mol. The highest BCUT2D eigenvalue weighted by atomic mass is 32.2. The Morgan fingerprint density at radius 2 is 2.45 bits per heavy atom. The van der Waals surface area contributed by atoms with Gasteiger partial charge in [-0.2, -0.15) is 0 Å². The number of thioether (sulfide) groups is 1. The van der Waals surface area contributed by atoms with E-state index in [2.05, 4.69) is 10.6 Å². The first-order valence-corrected chi connectivity index (χ1v) is 8.80. The molecule has 5 nitrogen and oxygen atoms in total. The summed E-state index contributed by atoms with van der Waals surface area (Å²) in [7, 11) is 0. The van der Waals surface area contributed by atoms with Crippen molar-refractivity contribution in [1.82, 2.24) is 10.6 Å². The van der Waals surface area contributed by atoms with Crippen molar-refractivity contribution in [2.75, 3.05) is 24.8 Å². The van der Waals surface area contributed by atoms with Crippen LogP contribution in [0.5, 0.6) is 5.75 Å². The van der Waals surface area contributed by atoms with Crippen molar-refractivity contribution < 1.29 is 14.3 Å². The lowest BCUT2D eigenvalue weighted by atomic mass is 10.1. The number of rotatable bonds is 5. The van der Waals surface area contributed by atoms with E-state index in [9.17, 15) is 4.79 Å².